The molecule has 1 N–H and O–H groups in total. The average molecular weight is 279 g/mol. The molecule has 0 bridgehead atoms. The van der Waals surface area contributed by atoms with Gasteiger partial charge in [-0.15, -0.1) is 0 Å². The lowest BCUT2D eigenvalue weighted by atomic mass is 9.78. The van der Waals surface area contributed by atoms with Crippen molar-refractivity contribution in [2.75, 3.05) is 0 Å². The predicted molar refractivity (Wildman–Crippen MR) is 80.4 cm³/mol. The van der Waals surface area contributed by atoms with E-state index in [1.54, 1.807) is 0 Å². The molecule has 4 heteroatoms. The van der Waals surface area contributed by atoms with Gasteiger partial charge < -0.3 is 9.84 Å². The van der Waals surface area contributed by atoms with E-state index in [1.165, 1.54) is 19.3 Å². The fourth-order valence-corrected chi connectivity index (χ4v) is 3.09. The molecule has 1 aromatic heterocycles. The Balaban J connectivity index is 1.90. The fourth-order valence-electron chi connectivity index (χ4n) is 3.09. The van der Waals surface area contributed by atoms with Gasteiger partial charge in [-0.1, -0.05) is 45.2 Å². The van der Waals surface area contributed by atoms with Gasteiger partial charge in [-0.05, 0) is 31.6 Å². The summed E-state index contributed by atoms with van der Waals surface area (Å²) < 4.78 is 5.40. The van der Waals surface area contributed by atoms with Crippen LogP contribution in [0.1, 0.15) is 77.6 Å². The Hall–Kier alpha value is -0.900. The van der Waals surface area contributed by atoms with E-state index in [0.717, 1.165) is 36.9 Å². The highest BCUT2D eigenvalue weighted by atomic mass is 16.5. The lowest BCUT2D eigenvalue weighted by molar-refractivity contribution is 0.187. The second-order valence-electron chi connectivity index (χ2n) is 6.41. The number of aromatic nitrogens is 2. The van der Waals surface area contributed by atoms with Gasteiger partial charge in [0.15, 0.2) is 5.82 Å². The monoisotopic (exact) mass is 279 g/mol. The van der Waals surface area contributed by atoms with Crippen molar-refractivity contribution in [3.63, 3.8) is 0 Å². The second kappa shape index (κ2) is 7.21. The molecule has 4 unspecified atom stereocenters. The lowest BCUT2D eigenvalue weighted by Crippen LogP contribution is -2.41. The number of hydrogen-bond acceptors (Lipinski definition) is 4. The molecule has 20 heavy (non-hydrogen) atoms. The van der Waals surface area contributed by atoms with E-state index in [2.05, 4.69) is 43.2 Å². The highest BCUT2D eigenvalue weighted by Crippen LogP contribution is 2.30. The molecule has 0 spiro atoms. The van der Waals surface area contributed by atoms with Crippen molar-refractivity contribution in [1.82, 2.24) is 15.5 Å². The van der Waals surface area contributed by atoms with Crippen molar-refractivity contribution in [2.24, 2.45) is 11.8 Å². The average Bonchev–Trinajstić information content (AvgIpc) is 2.90. The molecule has 2 rings (SSSR count). The molecule has 1 aliphatic carbocycles. The van der Waals surface area contributed by atoms with Crippen molar-refractivity contribution < 1.29 is 4.52 Å². The summed E-state index contributed by atoms with van der Waals surface area (Å²) in [5.74, 6) is 3.10. The molecule has 1 aliphatic rings. The van der Waals surface area contributed by atoms with Crippen LogP contribution < -0.4 is 5.32 Å². The molecular formula is C16H29N3O. The van der Waals surface area contributed by atoms with Crippen molar-refractivity contribution in [2.45, 2.75) is 78.3 Å². The van der Waals surface area contributed by atoms with Crippen molar-refractivity contribution in [3.8, 4) is 0 Å². The van der Waals surface area contributed by atoms with Gasteiger partial charge in [0, 0.05) is 12.5 Å². The molecule has 0 saturated heterocycles. The third-order valence-electron chi connectivity index (χ3n) is 4.78. The topological polar surface area (TPSA) is 51.0 Å². The summed E-state index contributed by atoms with van der Waals surface area (Å²) >= 11 is 0. The van der Waals surface area contributed by atoms with E-state index >= 15 is 0 Å². The standard InChI is InChI=1S/C16H29N3O/c1-5-6-10-15-18-16(20-19-15)13(4)17-14-9-7-8-11(2)12(14)3/h11-14,17H,5-10H2,1-4H3. The molecule has 0 aromatic carbocycles. The molecule has 1 fully saturated rings. The number of hydrogen-bond donors (Lipinski definition) is 1. The summed E-state index contributed by atoms with van der Waals surface area (Å²) in [5.41, 5.74) is 0. The Morgan fingerprint density at radius 1 is 1.35 bits per heavy atom. The van der Waals surface area contributed by atoms with Gasteiger partial charge in [-0.25, -0.2) is 0 Å². The SMILES string of the molecule is CCCCc1noc(C(C)NC2CCCC(C)C2C)n1. The van der Waals surface area contributed by atoms with Gasteiger partial charge in [0.05, 0.1) is 6.04 Å². The van der Waals surface area contributed by atoms with Gasteiger partial charge in [0.1, 0.15) is 0 Å². The zero-order chi connectivity index (χ0) is 14.5. The van der Waals surface area contributed by atoms with Crippen LogP contribution in [0.5, 0.6) is 0 Å². The third kappa shape index (κ3) is 3.81. The minimum atomic E-state index is 0.149. The first-order valence-electron chi connectivity index (χ1n) is 8.20. The number of aryl methyl sites for hydroxylation is 1. The van der Waals surface area contributed by atoms with Crippen LogP contribution in [-0.4, -0.2) is 16.2 Å². The first-order valence-corrected chi connectivity index (χ1v) is 8.20. The molecule has 1 aromatic rings. The highest BCUT2D eigenvalue weighted by molar-refractivity contribution is 4.94. The van der Waals surface area contributed by atoms with E-state index in [9.17, 15) is 0 Å². The minimum Gasteiger partial charge on any atom is -0.338 e. The van der Waals surface area contributed by atoms with Crippen molar-refractivity contribution >= 4 is 0 Å². The van der Waals surface area contributed by atoms with Crippen molar-refractivity contribution in [1.29, 1.82) is 0 Å². The van der Waals surface area contributed by atoms with Gasteiger partial charge in [0.25, 0.3) is 0 Å². The van der Waals surface area contributed by atoms with Crippen molar-refractivity contribution in [3.05, 3.63) is 11.7 Å². The summed E-state index contributed by atoms with van der Waals surface area (Å²) in [6.07, 6.45) is 7.14. The van der Waals surface area contributed by atoms with Crippen LogP contribution in [0.15, 0.2) is 4.52 Å². The maximum atomic E-state index is 5.40. The molecule has 0 aliphatic heterocycles. The molecule has 114 valence electrons. The van der Waals surface area contributed by atoms with Crippen LogP contribution in [0, 0.1) is 11.8 Å². The van der Waals surface area contributed by atoms with Crippen LogP contribution >= 0.6 is 0 Å². The summed E-state index contributed by atoms with van der Waals surface area (Å²) in [5, 5.41) is 7.76. The predicted octanol–water partition coefficient (Wildman–Crippen LogP) is 3.89. The smallest absolute Gasteiger partial charge is 0.243 e. The quantitative estimate of drug-likeness (QED) is 0.858. The minimum absolute atomic E-state index is 0.149. The van der Waals surface area contributed by atoms with E-state index in [-0.39, 0.29) is 6.04 Å². The summed E-state index contributed by atoms with van der Waals surface area (Å²) in [7, 11) is 0. The van der Waals surface area contributed by atoms with Crippen LogP contribution in [0.2, 0.25) is 0 Å². The Labute approximate surface area is 122 Å². The summed E-state index contributed by atoms with van der Waals surface area (Å²) in [6, 6.07) is 0.718. The molecular weight excluding hydrogens is 250 g/mol. The number of unbranched alkanes of at least 4 members (excludes halogenated alkanes) is 1. The number of rotatable bonds is 6. The Morgan fingerprint density at radius 2 is 2.15 bits per heavy atom. The van der Waals surface area contributed by atoms with Crippen LogP contribution in [-0.2, 0) is 6.42 Å². The molecule has 4 nitrogen and oxygen atoms in total. The largest absolute Gasteiger partial charge is 0.338 e. The normalized spacial score (nSPS) is 28.5. The van der Waals surface area contributed by atoms with Gasteiger partial charge >= 0.3 is 0 Å². The molecule has 4 atom stereocenters. The first-order chi connectivity index (χ1) is 9.61. The van der Waals surface area contributed by atoms with E-state index in [1.807, 2.05) is 0 Å². The zero-order valence-electron chi connectivity index (χ0n) is 13.4. The van der Waals surface area contributed by atoms with Crippen LogP contribution in [0.3, 0.4) is 0 Å². The maximum absolute atomic E-state index is 5.40. The Bertz CT molecular complexity index is 404. The van der Waals surface area contributed by atoms with Crippen LogP contribution in [0.4, 0.5) is 0 Å². The third-order valence-corrected chi connectivity index (χ3v) is 4.78. The van der Waals surface area contributed by atoms with E-state index < -0.39 is 0 Å². The molecule has 0 amide bonds. The lowest BCUT2D eigenvalue weighted by Gasteiger charge is -2.35. The molecule has 0 radical (unpaired) electrons. The first kappa shape index (κ1) is 15.5. The zero-order valence-corrected chi connectivity index (χ0v) is 13.4. The second-order valence-corrected chi connectivity index (χ2v) is 6.41. The Kier molecular flexibility index (Phi) is 5.58. The summed E-state index contributed by atoms with van der Waals surface area (Å²) in [6.45, 7) is 9.02. The fraction of sp³-hybridized carbons (Fsp3) is 0.875. The highest BCUT2D eigenvalue weighted by Gasteiger charge is 2.29. The molecule has 1 heterocycles. The number of nitrogens with zero attached hydrogens (tertiary/aromatic N) is 2. The summed E-state index contributed by atoms with van der Waals surface area (Å²) in [4.78, 5) is 4.52. The van der Waals surface area contributed by atoms with Gasteiger partial charge in [0.2, 0.25) is 5.89 Å². The van der Waals surface area contributed by atoms with Gasteiger partial charge in [-0.2, -0.15) is 4.98 Å². The molecule has 1 saturated carbocycles. The van der Waals surface area contributed by atoms with Crippen LogP contribution in [0.25, 0.3) is 0 Å². The Morgan fingerprint density at radius 3 is 2.90 bits per heavy atom. The number of nitrogens with one attached hydrogen (secondary N) is 1. The maximum Gasteiger partial charge on any atom is 0.243 e. The van der Waals surface area contributed by atoms with Gasteiger partial charge in [-0.3, -0.25) is 0 Å². The van der Waals surface area contributed by atoms with E-state index in [4.69, 9.17) is 4.52 Å². The van der Waals surface area contributed by atoms with E-state index in [0.29, 0.717) is 12.0 Å².